The molecule has 0 aliphatic rings. The number of carbonyl (C=O) groups excluding carboxylic acids is 1. The topological polar surface area (TPSA) is 82.4 Å². The van der Waals surface area contributed by atoms with Crippen LogP contribution in [-0.2, 0) is 6.42 Å². The summed E-state index contributed by atoms with van der Waals surface area (Å²) in [6.07, 6.45) is 1.83. The number of aryl methyl sites for hydroxylation is 2. The molecule has 0 saturated heterocycles. The molecule has 3 aromatic rings. The first-order valence-electron chi connectivity index (χ1n) is 7.48. The molecule has 0 aliphatic carbocycles. The second-order valence-corrected chi connectivity index (χ2v) is 6.42. The van der Waals surface area contributed by atoms with Gasteiger partial charge in [-0.15, -0.1) is 11.3 Å². The van der Waals surface area contributed by atoms with E-state index in [9.17, 15) is 10.1 Å². The summed E-state index contributed by atoms with van der Waals surface area (Å²) in [5.74, 6) is -0.775. The highest BCUT2D eigenvalue weighted by Gasteiger charge is 2.28. The van der Waals surface area contributed by atoms with Crippen molar-refractivity contribution in [1.29, 1.82) is 5.26 Å². The Balaban J connectivity index is 1.97. The minimum atomic E-state index is -0.934. The Labute approximate surface area is 138 Å². The number of nitriles is 1. The molecule has 0 bridgehead atoms. The smallest absolute Gasteiger partial charge is 0.199 e. The summed E-state index contributed by atoms with van der Waals surface area (Å²) in [7, 11) is 0. The van der Waals surface area contributed by atoms with Crippen LogP contribution >= 0.6 is 11.3 Å². The Kier molecular flexibility index (Phi) is 4.22. The van der Waals surface area contributed by atoms with Crippen molar-refractivity contribution in [3.8, 4) is 6.07 Å². The van der Waals surface area contributed by atoms with Crippen LogP contribution in [0.2, 0.25) is 0 Å². The summed E-state index contributed by atoms with van der Waals surface area (Å²) in [6.45, 7) is 3.89. The van der Waals surface area contributed by atoms with E-state index in [1.54, 1.807) is 0 Å². The fourth-order valence-electron chi connectivity index (χ4n) is 2.49. The van der Waals surface area contributed by atoms with Crippen LogP contribution in [0.4, 0.5) is 0 Å². The Bertz CT molecular complexity index is 870. The zero-order valence-electron chi connectivity index (χ0n) is 13.0. The van der Waals surface area contributed by atoms with Gasteiger partial charge in [0.15, 0.2) is 11.7 Å². The van der Waals surface area contributed by atoms with Gasteiger partial charge in [-0.1, -0.05) is 19.1 Å². The predicted octanol–water partition coefficient (Wildman–Crippen LogP) is 3.77. The number of fused-ring (bicyclic) bond motifs is 1. The molecular formula is C17H16N4OS. The van der Waals surface area contributed by atoms with Gasteiger partial charge in [-0.05, 0) is 31.9 Å². The summed E-state index contributed by atoms with van der Waals surface area (Å²) in [5.41, 5.74) is 2.27. The Morgan fingerprint density at radius 3 is 2.87 bits per heavy atom. The highest BCUT2D eigenvalue weighted by Crippen LogP contribution is 2.27. The monoisotopic (exact) mass is 324 g/mol. The highest BCUT2D eigenvalue weighted by atomic mass is 32.1. The molecule has 2 heterocycles. The molecule has 0 spiro atoms. The second kappa shape index (κ2) is 6.31. The number of hydrogen-bond acceptors (Lipinski definition) is 5. The maximum Gasteiger partial charge on any atom is 0.199 e. The van der Waals surface area contributed by atoms with E-state index in [0.717, 1.165) is 28.9 Å². The van der Waals surface area contributed by atoms with Crippen LogP contribution in [-0.4, -0.2) is 20.7 Å². The molecule has 0 amide bonds. The molecule has 116 valence electrons. The normalized spacial score (nSPS) is 12.2. The first-order valence-corrected chi connectivity index (χ1v) is 8.30. The average molecular weight is 324 g/mol. The third-order valence-electron chi connectivity index (χ3n) is 3.60. The lowest BCUT2D eigenvalue weighted by Crippen LogP contribution is -2.12. The number of ketones is 1. The number of rotatable bonds is 5. The number of thiazole rings is 1. The van der Waals surface area contributed by atoms with Gasteiger partial charge in [-0.25, -0.2) is 9.97 Å². The van der Waals surface area contributed by atoms with Crippen molar-refractivity contribution < 1.29 is 4.79 Å². The van der Waals surface area contributed by atoms with E-state index in [4.69, 9.17) is 0 Å². The minimum absolute atomic E-state index is 0.232. The molecule has 6 heteroatoms. The quantitative estimate of drug-likeness (QED) is 0.724. The minimum Gasteiger partial charge on any atom is -0.340 e. The molecule has 0 aliphatic heterocycles. The van der Waals surface area contributed by atoms with Crippen LogP contribution in [0.25, 0.3) is 11.0 Å². The molecule has 1 atom stereocenters. The van der Waals surface area contributed by atoms with Crippen molar-refractivity contribution >= 4 is 28.2 Å². The van der Waals surface area contributed by atoms with Crippen molar-refractivity contribution in [3.05, 3.63) is 45.7 Å². The molecular weight excluding hydrogens is 308 g/mol. The molecule has 0 saturated carbocycles. The Morgan fingerprint density at radius 1 is 1.39 bits per heavy atom. The third-order valence-corrected chi connectivity index (χ3v) is 4.83. The maximum atomic E-state index is 12.8. The lowest BCUT2D eigenvalue weighted by atomic mass is 10.0. The molecule has 3 rings (SSSR count). The number of Topliss-reactive ketones (excluding diaryl/α,β-unsaturated/α-hetero) is 1. The fraction of sp³-hybridized carbons (Fsp3) is 0.294. The molecule has 0 radical (unpaired) electrons. The van der Waals surface area contributed by atoms with E-state index in [2.05, 4.69) is 27.9 Å². The van der Waals surface area contributed by atoms with Gasteiger partial charge in [0.05, 0.1) is 32.7 Å². The van der Waals surface area contributed by atoms with E-state index in [0.29, 0.717) is 16.4 Å². The van der Waals surface area contributed by atoms with Gasteiger partial charge in [-0.2, -0.15) is 5.26 Å². The number of nitrogens with zero attached hydrogens (tertiary/aromatic N) is 3. The van der Waals surface area contributed by atoms with Gasteiger partial charge in [0, 0.05) is 0 Å². The van der Waals surface area contributed by atoms with E-state index in [-0.39, 0.29) is 5.78 Å². The summed E-state index contributed by atoms with van der Waals surface area (Å²) in [4.78, 5) is 25.2. The van der Waals surface area contributed by atoms with Crippen LogP contribution in [0, 0.1) is 18.3 Å². The van der Waals surface area contributed by atoms with Crippen molar-refractivity contribution in [2.45, 2.75) is 32.6 Å². The summed E-state index contributed by atoms with van der Waals surface area (Å²) < 4.78 is 0. The number of benzene rings is 1. The molecule has 0 fully saturated rings. The maximum absolute atomic E-state index is 12.8. The van der Waals surface area contributed by atoms with Crippen LogP contribution in [0.3, 0.4) is 0 Å². The van der Waals surface area contributed by atoms with Gasteiger partial charge in [-0.3, -0.25) is 4.79 Å². The van der Waals surface area contributed by atoms with Crippen LogP contribution in [0.5, 0.6) is 0 Å². The second-order valence-electron chi connectivity index (χ2n) is 5.34. The van der Waals surface area contributed by atoms with Gasteiger partial charge < -0.3 is 4.98 Å². The van der Waals surface area contributed by atoms with Crippen LogP contribution in [0.15, 0.2) is 24.3 Å². The highest BCUT2D eigenvalue weighted by molar-refractivity contribution is 7.13. The summed E-state index contributed by atoms with van der Waals surface area (Å²) >= 11 is 1.38. The molecule has 1 aromatic carbocycles. The van der Waals surface area contributed by atoms with Crippen molar-refractivity contribution in [2.75, 3.05) is 0 Å². The summed E-state index contributed by atoms with van der Waals surface area (Å²) in [6, 6.07) is 9.57. The molecule has 2 aromatic heterocycles. The van der Waals surface area contributed by atoms with E-state index >= 15 is 0 Å². The Morgan fingerprint density at radius 2 is 2.17 bits per heavy atom. The lowest BCUT2D eigenvalue weighted by molar-refractivity contribution is 0.0979. The predicted molar refractivity (Wildman–Crippen MR) is 89.6 cm³/mol. The fourth-order valence-corrected chi connectivity index (χ4v) is 3.62. The van der Waals surface area contributed by atoms with Gasteiger partial charge >= 0.3 is 0 Å². The number of aromatic nitrogens is 3. The Hall–Kier alpha value is -2.52. The molecule has 5 nitrogen and oxygen atoms in total. The van der Waals surface area contributed by atoms with E-state index < -0.39 is 5.92 Å². The largest absolute Gasteiger partial charge is 0.340 e. The van der Waals surface area contributed by atoms with Gasteiger partial charge in [0.25, 0.3) is 0 Å². The lowest BCUT2D eigenvalue weighted by Gasteiger charge is -2.03. The van der Waals surface area contributed by atoms with Gasteiger partial charge in [0.2, 0.25) is 0 Å². The first kappa shape index (κ1) is 15.4. The standard InChI is InChI=1S/C17H16N4OS/c1-3-6-14-19-10(2)16(23-14)15(22)11(9-18)17-20-12-7-4-5-8-13(12)21-17/h4-5,7-8,11H,3,6H2,1-2H3,(H,20,21)/t11-/m0/s1. The first-order chi connectivity index (χ1) is 11.1. The van der Waals surface area contributed by atoms with E-state index in [1.165, 1.54) is 11.3 Å². The molecule has 23 heavy (non-hydrogen) atoms. The van der Waals surface area contributed by atoms with Crippen LogP contribution < -0.4 is 0 Å². The zero-order chi connectivity index (χ0) is 16.4. The zero-order valence-corrected chi connectivity index (χ0v) is 13.8. The number of nitrogens with one attached hydrogen (secondary N) is 1. The number of aromatic amines is 1. The number of H-pyrrole nitrogens is 1. The molecule has 0 unspecified atom stereocenters. The number of para-hydroxylation sites is 2. The van der Waals surface area contributed by atoms with E-state index in [1.807, 2.05) is 31.2 Å². The third kappa shape index (κ3) is 2.88. The number of imidazole rings is 1. The van der Waals surface area contributed by atoms with Gasteiger partial charge in [0.1, 0.15) is 5.82 Å². The van der Waals surface area contributed by atoms with Crippen molar-refractivity contribution in [3.63, 3.8) is 0 Å². The van der Waals surface area contributed by atoms with Crippen molar-refractivity contribution in [1.82, 2.24) is 15.0 Å². The van der Waals surface area contributed by atoms with Crippen LogP contribution in [0.1, 0.15) is 45.5 Å². The number of hydrogen-bond donors (Lipinski definition) is 1. The molecule has 1 N–H and O–H groups in total. The SMILES string of the molecule is CCCc1nc(C)c(C(=O)[C@H](C#N)c2nc3ccccc3[nH]2)s1. The average Bonchev–Trinajstić information content (AvgIpc) is 3.11. The summed E-state index contributed by atoms with van der Waals surface area (Å²) in [5, 5.41) is 10.4. The van der Waals surface area contributed by atoms with Crippen molar-refractivity contribution in [2.24, 2.45) is 0 Å². The number of carbonyl (C=O) groups is 1.